The molecule has 1 N–H and O–H groups in total. The lowest BCUT2D eigenvalue weighted by Crippen LogP contribution is -2.17. The Hall–Kier alpha value is -1.96. The lowest BCUT2D eigenvalue weighted by Gasteiger charge is -2.27. The summed E-state index contributed by atoms with van der Waals surface area (Å²) in [5.74, 6) is 1.41. The van der Waals surface area contributed by atoms with E-state index in [0.717, 1.165) is 18.7 Å². The number of benzene rings is 2. The number of hydrogen-bond donors (Lipinski definition) is 1. The van der Waals surface area contributed by atoms with Gasteiger partial charge in [-0.3, -0.25) is 0 Å². The number of rotatable bonds is 2. The van der Waals surface area contributed by atoms with Crippen LogP contribution in [-0.4, -0.2) is 13.7 Å². The van der Waals surface area contributed by atoms with Crippen LogP contribution in [0.1, 0.15) is 23.5 Å². The molecule has 1 aliphatic rings. The minimum atomic E-state index is 0.494. The molecule has 0 unspecified atom stereocenters. The van der Waals surface area contributed by atoms with Gasteiger partial charge in [0.15, 0.2) is 0 Å². The minimum Gasteiger partial charge on any atom is -0.497 e. The van der Waals surface area contributed by atoms with Crippen LogP contribution in [0.15, 0.2) is 48.5 Å². The number of nitrogens with one attached hydrogen (secondary N) is 1. The Kier molecular flexibility index (Phi) is 2.93. The summed E-state index contributed by atoms with van der Waals surface area (Å²) >= 11 is 0. The average Bonchev–Trinajstić information content (AvgIpc) is 2.47. The van der Waals surface area contributed by atoms with E-state index >= 15 is 0 Å². The molecule has 0 aliphatic carbocycles. The topological polar surface area (TPSA) is 21.3 Å². The zero-order valence-corrected chi connectivity index (χ0v) is 10.5. The van der Waals surface area contributed by atoms with Crippen molar-refractivity contribution in [2.24, 2.45) is 0 Å². The van der Waals surface area contributed by atoms with E-state index in [1.807, 2.05) is 12.1 Å². The van der Waals surface area contributed by atoms with E-state index < -0.39 is 0 Å². The van der Waals surface area contributed by atoms with Gasteiger partial charge in [-0.15, -0.1) is 0 Å². The molecule has 3 rings (SSSR count). The molecule has 1 atom stereocenters. The number of hydrogen-bond acceptors (Lipinski definition) is 2. The molecule has 0 radical (unpaired) electrons. The quantitative estimate of drug-likeness (QED) is 0.863. The molecule has 0 saturated carbocycles. The first kappa shape index (κ1) is 11.1. The van der Waals surface area contributed by atoms with Gasteiger partial charge in [0.25, 0.3) is 0 Å². The third-order valence-electron chi connectivity index (χ3n) is 3.60. The van der Waals surface area contributed by atoms with Crippen LogP contribution in [-0.2, 0) is 0 Å². The van der Waals surface area contributed by atoms with Crippen molar-refractivity contribution in [3.05, 3.63) is 59.7 Å². The van der Waals surface area contributed by atoms with Gasteiger partial charge in [0, 0.05) is 18.2 Å². The summed E-state index contributed by atoms with van der Waals surface area (Å²) in [6.45, 7) is 1.04. The van der Waals surface area contributed by atoms with Crippen LogP contribution in [0.4, 0.5) is 5.69 Å². The van der Waals surface area contributed by atoms with Gasteiger partial charge in [0.1, 0.15) is 5.75 Å². The molecule has 2 aromatic rings. The summed E-state index contributed by atoms with van der Waals surface area (Å²) in [5, 5.41) is 3.46. The molecule has 0 aromatic heterocycles. The Balaban J connectivity index is 1.97. The predicted molar refractivity (Wildman–Crippen MR) is 74.4 cm³/mol. The van der Waals surface area contributed by atoms with Crippen LogP contribution in [0.25, 0.3) is 0 Å². The fourth-order valence-corrected chi connectivity index (χ4v) is 2.65. The van der Waals surface area contributed by atoms with Crippen LogP contribution in [0.3, 0.4) is 0 Å². The van der Waals surface area contributed by atoms with Crippen molar-refractivity contribution < 1.29 is 4.74 Å². The second kappa shape index (κ2) is 4.73. The highest BCUT2D eigenvalue weighted by molar-refractivity contribution is 5.57. The van der Waals surface area contributed by atoms with Gasteiger partial charge in [-0.05, 0) is 35.7 Å². The Morgan fingerprint density at radius 2 is 1.83 bits per heavy atom. The maximum atomic E-state index is 5.21. The molecule has 1 heterocycles. The van der Waals surface area contributed by atoms with Gasteiger partial charge < -0.3 is 10.1 Å². The first-order valence-electron chi connectivity index (χ1n) is 6.35. The SMILES string of the molecule is COc1ccc([C@H]2CCNc3ccccc32)cc1. The summed E-state index contributed by atoms with van der Waals surface area (Å²) < 4.78 is 5.21. The Morgan fingerprint density at radius 1 is 1.06 bits per heavy atom. The van der Waals surface area contributed by atoms with E-state index in [9.17, 15) is 0 Å². The summed E-state index contributed by atoms with van der Waals surface area (Å²) in [4.78, 5) is 0. The van der Waals surface area contributed by atoms with Crippen molar-refractivity contribution in [2.45, 2.75) is 12.3 Å². The molecule has 2 aromatic carbocycles. The summed E-state index contributed by atoms with van der Waals surface area (Å²) in [5.41, 5.74) is 4.03. The minimum absolute atomic E-state index is 0.494. The molecule has 0 fully saturated rings. The maximum Gasteiger partial charge on any atom is 0.118 e. The number of ether oxygens (including phenoxy) is 1. The highest BCUT2D eigenvalue weighted by Crippen LogP contribution is 2.36. The normalized spacial score (nSPS) is 17.7. The van der Waals surface area contributed by atoms with E-state index in [1.165, 1.54) is 16.8 Å². The predicted octanol–water partition coefficient (Wildman–Crippen LogP) is 3.64. The number of anilines is 1. The zero-order valence-electron chi connectivity index (χ0n) is 10.5. The third-order valence-corrected chi connectivity index (χ3v) is 3.60. The molecule has 0 bridgehead atoms. The molecule has 2 nitrogen and oxygen atoms in total. The standard InChI is InChI=1S/C16H17NO/c1-18-13-8-6-12(7-9-13)14-10-11-17-16-5-3-2-4-15(14)16/h2-9,14,17H,10-11H2,1H3/t14-/m1/s1. The third kappa shape index (κ3) is 1.94. The molecule has 18 heavy (non-hydrogen) atoms. The van der Waals surface area contributed by atoms with Gasteiger partial charge in [0.2, 0.25) is 0 Å². The highest BCUT2D eigenvalue weighted by Gasteiger charge is 2.20. The molecular formula is C16H17NO. The van der Waals surface area contributed by atoms with Crippen molar-refractivity contribution in [3.63, 3.8) is 0 Å². The van der Waals surface area contributed by atoms with Crippen LogP contribution in [0.2, 0.25) is 0 Å². The van der Waals surface area contributed by atoms with E-state index in [0.29, 0.717) is 5.92 Å². The highest BCUT2D eigenvalue weighted by atomic mass is 16.5. The van der Waals surface area contributed by atoms with E-state index in [1.54, 1.807) is 7.11 Å². The van der Waals surface area contributed by atoms with E-state index in [2.05, 4.69) is 41.7 Å². The molecule has 1 aliphatic heterocycles. The lowest BCUT2D eigenvalue weighted by molar-refractivity contribution is 0.414. The van der Waals surface area contributed by atoms with Crippen molar-refractivity contribution >= 4 is 5.69 Å². The van der Waals surface area contributed by atoms with E-state index in [4.69, 9.17) is 4.74 Å². The molecular weight excluding hydrogens is 222 g/mol. The van der Waals surface area contributed by atoms with Crippen molar-refractivity contribution in [3.8, 4) is 5.75 Å². The van der Waals surface area contributed by atoms with Crippen LogP contribution >= 0.6 is 0 Å². The van der Waals surface area contributed by atoms with Crippen LogP contribution in [0, 0.1) is 0 Å². The Morgan fingerprint density at radius 3 is 2.61 bits per heavy atom. The fourth-order valence-electron chi connectivity index (χ4n) is 2.65. The van der Waals surface area contributed by atoms with E-state index in [-0.39, 0.29) is 0 Å². The second-order valence-electron chi connectivity index (χ2n) is 4.63. The maximum absolute atomic E-state index is 5.21. The first-order valence-corrected chi connectivity index (χ1v) is 6.35. The monoisotopic (exact) mass is 239 g/mol. The van der Waals surface area contributed by atoms with Crippen molar-refractivity contribution in [2.75, 3.05) is 19.0 Å². The summed E-state index contributed by atoms with van der Waals surface area (Å²) in [7, 11) is 1.70. The number of para-hydroxylation sites is 1. The van der Waals surface area contributed by atoms with Crippen LogP contribution in [0.5, 0.6) is 5.75 Å². The van der Waals surface area contributed by atoms with Gasteiger partial charge in [-0.1, -0.05) is 30.3 Å². The van der Waals surface area contributed by atoms with Crippen molar-refractivity contribution in [1.29, 1.82) is 0 Å². The lowest BCUT2D eigenvalue weighted by atomic mass is 9.85. The Bertz CT molecular complexity index is 533. The molecule has 92 valence electrons. The first-order chi connectivity index (χ1) is 8.88. The fraction of sp³-hybridized carbons (Fsp3) is 0.250. The second-order valence-corrected chi connectivity index (χ2v) is 4.63. The van der Waals surface area contributed by atoms with Gasteiger partial charge in [-0.25, -0.2) is 0 Å². The zero-order chi connectivity index (χ0) is 12.4. The largest absolute Gasteiger partial charge is 0.497 e. The Labute approximate surface area is 108 Å². The van der Waals surface area contributed by atoms with Crippen LogP contribution < -0.4 is 10.1 Å². The number of fused-ring (bicyclic) bond motifs is 1. The molecule has 0 amide bonds. The molecule has 2 heteroatoms. The number of methoxy groups -OCH3 is 1. The average molecular weight is 239 g/mol. The summed E-state index contributed by atoms with van der Waals surface area (Å²) in [6, 6.07) is 17.0. The molecule has 0 spiro atoms. The van der Waals surface area contributed by atoms with Gasteiger partial charge >= 0.3 is 0 Å². The smallest absolute Gasteiger partial charge is 0.118 e. The van der Waals surface area contributed by atoms with Gasteiger partial charge in [0.05, 0.1) is 7.11 Å². The van der Waals surface area contributed by atoms with Crippen molar-refractivity contribution in [1.82, 2.24) is 0 Å². The summed E-state index contributed by atoms with van der Waals surface area (Å²) in [6.07, 6.45) is 1.14. The molecule has 0 saturated heterocycles. The van der Waals surface area contributed by atoms with Gasteiger partial charge in [-0.2, -0.15) is 0 Å².